The van der Waals surface area contributed by atoms with Gasteiger partial charge in [-0.3, -0.25) is 10.1 Å². The Bertz CT molecular complexity index is 415. The molecule has 0 radical (unpaired) electrons. The van der Waals surface area contributed by atoms with E-state index in [0.29, 0.717) is 17.7 Å². The number of hydrogen-bond donors (Lipinski definition) is 1. The molecule has 94 valence electrons. The Morgan fingerprint density at radius 2 is 2.18 bits per heavy atom. The summed E-state index contributed by atoms with van der Waals surface area (Å²) in [6.07, 6.45) is 0.582. The standard InChI is InChI=1S/C12H17NO4/c1-4-12(3,14)8-17-11-6-5-10(13(15)16)7-9(11)2/h5-7,14H,4,8H2,1-3H3. The van der Waals surface area contributed by atoms with Gasteiger partial charge in [0.05, 0.1) is 10.5 Å². The van der Waals surface area contributed by atoms with Crippen molar-refractivity contribution >= 4 is 5.69 Å². The molecule has 0 saturated heterocycles. The SMILES string of the molecule is CCC(C)(O)COc1ccc([N+](=O)[O-])cc1C. The Labute approximate surface area is 100 Å². The third-order valence-corrected chi connectivity index (χ3v) is 2.67. The van der Waals surface area contributed by atoms with Gasteiger partial charge in [-0.2, -0.15) is 0 Å². The number of aryl methyl sites for hydroxylation is 1. The molecule has 0 saturated carbocycles. The fourth-order valence-corrected chi connectivity index (χ4v) is 1.24. The minimum Gasteiger partial charge on any atom is -0.490 e. The predicted molar refractivity (Wildman–Crippen MR) is 64.2 cm³/mol. The lowest BCUT2D eigenvalue weighted by Crippen LogP contribution is -2.31. The van der Waals surface area contributed by atoms with Crippen molar-refractivity contribution in [2.24, 2.45) is 0 Å². The number of nitrogens with zero attached hydrogens (tertiary/aromatic N) is 1. The summed E-state index contributed by atoms with van der Waals surface area (Å²) in [6.45, 7) is 5.46. The third kappa shape index (κ3) is 3.71. The molecular weight excluding hydrogens is 222 g/mol. The van der Waals surface area contributed by atoms with Crippen molar-refractivity contribution in [2.75, 3.05) is 6.61 Å². The van der Waals surface area contributed by atoms with E-state index >= 15 is 0 Å². The highest BCUT2D eigenvalue weighted by Gasteiger charge is 2.19. The van der Waals surface area contributed by atoms with E-state index in [4.69, 9.17) is 4.74 Å². The molecule has 0 heterocycles. The van der Waals surface area contributed by atoms with Crippen molar-refractivity contribution in [3.63, 3.8) is 0 Å². The van der Waals surface area contributed by atoms with Crippen molar-refractivity contribution in [2.45, 2.75) is 32.8 Å². The van der Waals surface area contributed by atoms with Gasteiger partial charge in [0.15, 0.2) is 0 Å². The second kappa shape index (κ2) is 5.14. The Hall–Kier alpha value is -1.62. The van der Waals surface area contributed by atoms with Crippen molar-refractivity contribution < 1.29 is 14.8 Å². The smallest absolute Gasteiger partial charge is 0.269 e. The van der Waals surface area contributed by atoms with Crippen LogP contribution < -0.4 is 4.74 Å². The number of benzene rings is 1. The summed E-state index contributed by atoms with van der Waals surface area (Å²) in [4.78, 5) is 10.1. The molecule has 0 aliphatic heterocycles. The van der Waals surface area contributed by atoms with Crippen molar-refractivity contribution in [1.82, 2.24) is 0 Å². The highest BCUT2D eigenvalue weighted by molar-refractivity contribution is 5.42. The molecule has 0 bridgehead atoms. The number of non-ortho nitro benzene ring substituents is 1. The number of aliphatic hydroxyl groups is 1. The fourth-order valence-electron chi connectivity index (χ4n) is 1.24. The van der Waals surface area contributed by atoms with E-state index in [2.05, 4.69) is 0 Å². The largest absolute Gasteiger partial charge is 0.490 e. The lowest BCUT2D eigenvalue weighted by atomic mass is 10.1. The molecule has 1 aromatic rings. The van der Waals surface area contributed by atoms with Crippen LogP contribution in [0.1, 0.15) is 25.8 Å². The number of ether oxygens (including phenoxy) is 1. The van der Waals surface area contributed by atoms with Crippen molar-refractivity contribution in [3.05, 3.63) is 33.9 Å². The molecule has 1 unspecified atom stereocenters. The van der Waals surface area contributed by atoms with Crippen LogP contribution in [0.25, 0.3) is 0 Å². The van der Waals surface area contributed by atoms with Crippen LogP contribution in [0.3, 0.4) is 0 Å². The zero-order chi connectivity index (χ0) is 13.1. The number of nitro groups is 1. The zero-order valence-corrected chi connectivity index (χ0v) is 10.3. The van der Waals surface area contributed by atoms with Gasteiger partial charge in [0.1, 0.15) is 12.4 Å². The second-order valence-electron chi connectivity index (χ2n) is 4.35. The van der Waals surface area contributed by atoms with Crippen LogP contribution in [0.15, 0.2) is 18.2 Å². The topological polar surface area (TPSA) is 72.6 Å². The monoisotopic (exact) mass is 239 g/mol. The first-order valence-corrected chi connectivity index (χ1v) is 5.46. The van der Waals surface area contributed by atoms with E-state index in [1.807, 2.05) is 6.92 Å². The van der Waals surface area contributed by atoms with E-state index in [9.17, 15) is 15.2 Å². The van der Waals surface area contributed by atoms with E-state index in [-0.39, 0.29) is 12.3 Å². The van der Waals surface area contributed by atoms with Crippen LogP contribution in [-0.4, -0.2) is 22.2 Å². The van der Waals surface area contributed by atoms with Gasteiger partial charge in [-0.05, 0) is 31.9 Å². The molecule has 1 N–H and O–H groups in total. The van der Waals surface area contributed by atoms with E-state index < -0.39 is 10.5 Å². The summed E-state index contributed by atoms with van der Waals surface area (Å²) >= 11 is 0. The highest BCUT2D eigenvalue weighted by atomic mass is 16.6. The Kier molecular flexibility index (Phi) is 4.07. The maximum atomic E-state index is 10.6. The summed E-state index contributed by atoms with van der Waals surface area (Å²) in [7, 11) is 0. The maximum Gasteiger partial charge on any atom is 0.269 e. The van der Waals surface area contributed by atoms with E-state index in [1.165, 1.54) is 12.1 Å². The number of rotatable bonds is 5. The summed E-state index contributed by atoms with van der Waals surface area (Å²) in [6, 6.07) is 4.40. The fraction of sp³-hybridized carbons (Fsp3) is 0.500. The van der Waals surface area contributed by atoms with Crippen molar-refractivity contribution in [3.8, 4) is 5.75 Å². The Morgan fingerprint density at radius 3 is 2.65 bits per heavy atom. The van der Waals surface area contributed by atoms with Gasteiger partial charge in [0.2, 0.25) is 0 Å². The summed E-state index contributed by atoms with van der Waals surface area (Å²) in [5, 5.41) is 20.3. The summed E-state index contributed by atoms with van der Waals surface area (Å²) in [5.41, 5.74) is -0.156. The Morgan fingerprint density at radius 1 is 1.53 bits per heavy atom. The molecule has 5 nitrogen and oxygen atoms in total. The minimum atomic E-state index is -0.881. The molecule has 0 spiro atoms. The molecule has 0 aromatic heterocycles. The third-order valence-electron chi connectivity index (χ3n) is 2.67. The first-order valence-electron chi connectivity index (χ1n) is 5.46. The second-order valence-corrected chi connectivity index (χ2v) is 4.35. The van der Waals surface area contributed by atoms with Crippen LogP contribution >= 0.6 is 0 Å². The van der Waals surface area contributed by atoms with Gasteiger partial charge in [0.25, 0.3) is 5.69 Å². The Balaban J connectivity index is 2.77. The quantitative estimate of drug-likeness (QED) is 0.632. The lowest BCUT2D eigenvalue weighted by Gasteiger charge is -2.22. The van der Waals surface area contributed by atoms with Gasteiger partial charge >= 0.3 is 0 Å². The summed E-state index contributed by atoms with van der Waals surface area (Å²) < 4.78 is 5.45. The van der Waals surface area contributed by atoms with Crippen molar-refractivity contribution in [1.29, 1.82) is 0 Å². The van der Waals surface area contributed by atoms with Crippen LogP contribution in [0.2, 0.25) is 0 Å². The zero-order valence-electron chi connectivity index (χ0n) is 10.3. The normalized spacial score (nSPS) is 14.1. The van der Waals surface area contributed by atoms with Crippen LogP contribution in [0.4, 0.5) is 5.69 Å². The first-order chi connectivity index (χ1) is 7.85. The predicted octanol–water partition coefficient (Wildman–Crippen LogP) is 2.44. The molecule has 0 amide bonds. The molecule has 17 heavy (non-hydrogen) atoms. The lowest BCUT2D eigenvalue weighted by molar-refractivity contribution is -0.384. The number of hydrogen-bond acceptors (Lipinski definition) is 4. The number of nitro benzene ring substituents is 1. The van der Waals surface area contributed by atoms with Gasteiger partial charge in [0, 0.05) is 12.1 Å². The van der Waals surface area contributed by atoms with Crippen LogP contribution in [0.5, 0.6) is 5.75 Å². The molecule has 1 rings (SSSR count). The van der Waals surface area contributed by atoms with Crippen LogP contribution in [-0.2, 0) is 0 Å². The molecule has 1 aromatic carbocycles. The molecular formula is C12H17NO4. The van der Waals surface area contributed by atoms with E-state index in [1.54, 1.807) is 19.9 Å². The minimum absolute atomic E-state index is 0.0390. The molecule has 0 aliphatic carbocycles. The molecule has 5 heteroatoms. The summed E-state index contributed by atoms with van der Waals surface area (Å²) in [5.74, 6) is 0.560. The molecule has 1 atom stereocenters. The molecule has 0 aliphatic rings. The average Bonchev–Trinajstić information content (AvgIpc) is 2.27. The van der Waals surface area contributed by atoms with Crippen LogP contribution in [0, 0.1) is 17.0 Å². The average molecular weight is 239 g/mol. The van der Waals surface area contributed by atoms with Gasteiger partial charge in [-0.1, -0.05) is 6.92 Å². The molecule has 0 fully saturated rings. The first kappa shape index (κ1) is 13.4. The van der Waals surface area contributed by atoms with Gasteiger partial charge < -0.3 is 9.84 Å². The maximum absolute atomic E-state index is 10.6. The van der Waals surface area contributed by atoms with Gasteiger partial charge in [-0.15, -0.1) is 0 Å². The van der Waals surface area contributed by atoms with E-state index in [0.717, 1.165) is 0 Å². The highest BCUT2D eigenvalue weighted by Crippen LogP contribution is 2.24. The van der Waals surface area contributed by atoms with Gasteiger partial charge in [-0.25, -0.2) is 0 Å².